The summed E-state index contributed by atoms with van der Waals surface area (Å²) < 4.78 is 12.8. The monoisotopic (exact) mass is 475 g/mol. The van der Waals surface area contributed by atoms with Gasteiger partial charge in [-0.2, -0.15) is 0 Å². The minimum atomic E-state index is -0.570. The molecule has 0 bridgehead atoms. The van der Waals surface area contributed by atoms with Crippen LogP contribution < -0.4 is 10.3 Å². The van der Waals surface area contributed by atoms with Crippen molar-refractivity contribution in [1.82, 2.24) is 4.57 Å². The maximum atomic E-state index is 13.8. The van der Waals surface area contributed by atoms with Gasteiger partial charge < -0.3 is 9.47 Å². The van der Waals surface area contributed by atoms with Crippen molar-refractivity contribution in [2.75, 3.05) is 7.11 Å². The van der Waals surface area contributed by atoms with Crippen LogP contribution in [0.5, 0.6) is 5.75 Å². The highest BCUT2D eigenvalue weighted by molar-refractivity contribution is 6.07. The molecule has 1 heterocycles. The molecule has 0 aliphatic heterocycles. The van der Waals surface area contributed by atoms with Crippen LogP contribution in [-0.2, 0) is 17.9 Å². The fraction of sp³-hybridized carbons (Fsp3) is 0.0968. The highest BCUT2D eigenvalue weighted by Crippen LogP contribution is 2.34. The lowest BCUT2D eigenvalue weighted by Crippen LogP contribution is -2.28. The number of carbonyl (C=O) groups is 1. The van der Waals surface area contributed by atoms with Crippen molar-refractivity contribution >= 4 is 16.7 Å². The minimum absolute atomic E-state index is 0.213. The fourth-order valence-electron chi connectivity index (χ4n) is 4.38. The molecule has 0 saturated heterocycles. The number of fused-ring (bicyclic) bond motifs is 1. The third kappa shape index (κ3) is 4.64. The van der Waals surface area contributed by atoms with Crippen molar-refractivity contribution < 1.29 is 14.3 Å². The van der Waals surface area contributed by atoms with Gasteiger partial charge in [-0.1, -0.05) is 91.0 Å². The first-order valence-electron chi connectivity index (χ1n) is 11.7. The number of pyridine rings is 1. The zero-order valence-corrected chi connectivity index (χ0v) is 19.9. The molecule has 5 nitrogen and oxygen atoms in total. The molecule has 5 heteroatoms. The average molecular weight is 476 g/mol. The summed E-state index contributed by atoms with van der Waals surface area (Å²) in [5.74, 6) is 0.0407. The Morgan fingerprint density at radius 3 is 2.00 bits per heavy atom. The third-order valence-electron chi connectivity index (χ3n) is 6.12. The molecule has 0 radical (unpaired) electrons. The molecule has 0 aliphatic rings. The van der Waals surface area contributed by atoms with Crippen molar-refractivity contribution in [3.8, 4) is 16.9 Å². The topological polar surface area (TPSA) is 57.5 Å². The van der Waals surface area contributed by atoms with Gasteiger partial charge in [0.1, 0.15) is 18.1 Å². The number of aromatic nitrogens is 1. The molecule has 0 unspecified atom stereocenters. The van der Waals surface area contributed by atoms with Gasteiger partial charge in [-0.15, -0.1) is 0 Å². The molecule has 0 aliphatic carbocycles. The van der Waals surface area contributed by atoms with Crippen LogP contribution in [0.25, 0.3) is 21.9 Å². The Kier molecular flexibility index (Phi) is 6.63. The van der Waals surface area contributed by atoms with Crippen LogP contribution in [0.1, 0.15) is 21.6 Å². The van der Waals surface area contributed by atoms with Crippen LogP contribution >= 0.6 is 0 Å². The van der Waals surface area contributed by atoms with Gasteiger partial charge in [0.05, 0.1) is 13.7 Å². The van der Waals surface area contributed by atoms with Crippen LogP contribution in [0.15, 0.2) is 114 Å². The Morgan fingerprint density at radius 2 is 1.36 bits per heavy atom. The van der Waals surface area contributed by atoms with Gasteiger partial charge in [-0.3, -0.25) is 9.36 Å². The van der Waals surface area contributed by atoms with Gasteiger partial charge in [-0.05, 0) is 34.9 Å². The molecule has 1 aromatic heterocycles. The molecular weight excluding hydrogens is 450 g/mol. The first-order valence-corrected chi connectivity index (χ1v) is 11.7. The van der Waals surface area contributed by atoms with E-state index in [1.165, 1.54) is 11.7 Å². The molecule has 178 valence electrons. The van der Waals surface area contributed by atoms with Crippen LogP contribution in [0, 0.1) is 0 Å². The van der Waals surface area contributed by atoms with E-state index in [0.29, 0.717) is 28.7 Å². The largest absolute Gasteiger partial charge is 0.489 e. The molecule has 4 aromatic carbocycles. The number of ether oxygens (including phenoxy) is 2. The summed E-state index contributed by atoms with van der Waals surface area (Å²) in [6.07, 6.45) is 0. The van der Waals surface area contributed by atoms with Crippen molar-refractivity contribution in [2.45, 2.75) is 13.2 Å². The highest BCUT2D eigenvalue weighted by atomic mass is 16.5. The number of benzene rings is 4. The van der Waals surface area contributed by atoms with Gasteiger partial charge in [0.25, 0.3) is 5.56 Å². The number of nitrogens with zero attached hydrogens (tertiary/aromatic N) is 1. The van der Waals surface area contributed by atoms with Crippen molar-refractivity contribution in [2.24, 2.45) is 0 Å². The normalized spacial score (nSPS) is 10.8. The molecule has 0 spiro atoms. The Morgan fingerprint density at radius 1 is 0.750 bits per heavy atom. The van der Waals surface area contributed by atoms with E-state index in [4.69, 9.17) is 9.47 Å². The molecule has 0 atom stereocenters. The average Bonchev–Trinajstić information content (AvgIpc) is 2.94. The Bertz CT molecular complexity index is 1560. The Hall–Kier alpha value is -4.64. The number of rotatable bonds is 7. The van der Waals surface area contributed by atoms with Crippen LogP contribution in [0.3, 0.4) is 0 Å². The molecule has 5 aromatic rings. The number of esters is 1. The molecule has 0 N–H and O–H groups in total. The first-order chi connectivity index (χ1) is 17.7. The second kappa shape index (κ2) is 10.3. The smallest absolute Gasteiger partial charge is 0.355 e. The van der Waals surface area contributed by atoms with Crippen molar-refractivity contribution in [3.63, 3.8) is 0 Å². The van der Waals surface area contributed by atoms with E-state index in [2.05, 4.69) is 0 Å². The second-order valence-electron chi connectivity index (χ2n) is 8.44. The molecular formula is C31H25NO4. The van der Waals surface area contributed by atoms with Gasteiger partial charge in [0, 0.05) is 16.3 Å². The predicted octanol–water partition coefficient (Wildman–Crippen LogP) is 6.08. The lowest BCUT2D eigenvalue weighted by Gasteiger charge is -2.19. The Balaban J connectivity index is 1.73. The quantitative estimate of drug-likeness (QED) is 0.268. The van der Waals surface area contributed by atoms with E-state index in [-0.39, 0.29) is 17.8 Å². The first kappa shape index (κ1) is 23.1. The van der Waals surface area contributed by atoms with E-state index < -0.39 is 5.97 Å². The fourth-order valence-corrected chi connectivity index (χ4v) is 4.38. The summed E-state index contributed by atoms with van der Waals surface area (Å²) in [4.78, 5) is 27.0. The molecule has 0 amide bonds. The maximum Gasteiger partial charge on any atom is 0.355 e. The summed E-state index contributed by atoms with van der Waals surface area (Å²) in [7, 11) is 1.33. The van der Waals surface area contributed by atoms with Crippen LogP contribution in [0.4, 0.5) is 0 Å². The summed E-state index contributed by atoms with van der Waals surface area (Å²) in [5, 5.41) is 1.14. The van der Waals surface area contributed by atoms with E-state index in [1.807, 2.05) is 97.1 Å². The van der Waals surface area contributed by atoms with E-state index in [9.17, 15) is 9.59 Å². The van der Waals surface area contributed by atoms with Gasteiger partial charge in [-0.25, -0.2) is 4.79 Å². The third-order valence-corrected chi connectivity index (χ3v) is 6.12. The predicted molar refractivity (Wildman–Crippen MR) is 141 cm³/mol. The van der Waals surface area contributed by atoms with Crippen molar-refractivity contribution in [1.29, 1.82) is 0 Å². The summed E-state index contributed by atoms with van der Waals surface area (Å²) >= 11 is 0. The zero-order chi connectivity index (χ0) is 24.9. The molecule has 0 saturated carbocycles. The number of hydrogen-bond acceptors (Lipinski definition) is 4. The van der Waals surface area contributed by atoms with E-state index in [0.717, 1.165) is 16.7 Å². The lowest BCUT2D eigenvalue weighted by molar-refractivity contribution is 0.0588. The van der Waals surface area contributed by atoms with E-state index >= 15 is 0 Å². The van der Waals surface area contributed by atoms with Crippen molar-refractivity contribution in [3.05, 3.63) is 136 Å². The molecule has 5 rings (SSSR count). The minimum Gasteiger partial charge on any atom is -0.489 e. The van der Waals surface area contributed by atoms with E-state index in [1.54, 1.807) is 12.1 Å². The summed E-state index contributed by atoms with van der Waals surface area (Å²) in [6.45, 7) is 0.633. The lowest BCUT2D eigenvalue weighted by atomic mass is 9.96. The van der Waals surface area contributed by atoms with Crippen LogP contribution in [0.2, 0.25) is 0 Å². The number of hydrogen-bond donors (Lipinski definition) is 0. The van der Waals surface area contributed by atoms with Crippen LogP contribution in [-0.4, -0.2) is 17.6 Å². The second-order valence-corrected chi connectivity index (χ2v) is 8.44. The summed E-state index contributed by atoms with van der Waals surface area (Å²) in [6, 6.07) is 34.5. The highest BCUT2D eigenvalue weighted by Gasteiger charge is 2.24. The maximum absolute atomic E-state index is 13.8. The SMILES string of the molecule is COC(=O)c1c(-c2ccccc2)c2cc(OCc3ccccc3)ccc2c(=O)n1Cc1ccccc1. The summed E-state index contributed by atoms with van der Waals surface area (Å²) in [5.41, 5.74) is 3.34. The number of methoxy groups -OCH3 is 1. The van der Waals surface area contributed by atoms with Gasteiger partial charge >= 0.3 is 5.97 Å². The Labute approximate surface area is 209 Å². The zero-order valence-electron chi connectivity index (χ0n) is 19.9. The molecule has 0 fully saturated rings. The van der Waals surface area contributed by atoms with Gasteiger partial charge in [0.2, 0.25) is 0 Å². The standard InChI is InChI=1S/C31H25NO4/c1-35-31(34)29-28(24-15-9-4-10-16-24)27-19-25(36-21-23-13-7-3-8-14-23)17-18-26(27)30(33)32(29)20-22-11-5-2-6-12-22/h2-19H,20-21H2,1H3. The molecule has 36 heavy (non-hydrogen) atoms. The number of carbonyl (C=O) groups excluding carboxylic acids is 1. The van der Waals surface area contributed by atoms with Gasteiger partial charge in [0.15, 0.2) is 0 Å².